The summed E-state index contributed by atoms with van der Waals surface area (Å²) in [6.07, 6.45) is 0.827. The Hall–Kier alpha value is -3.25. The van der Waals surface area contributed by atoms with Gasteiger partial charge in [-0.15, -0.1) is 11.8 Å². The highest BCUT2D eigenvalue weighted by Crippen LogP contribution is 2.38. The number of hydrogen-bond acceptors (Lipinski definition) is 4. The summed E-state index contributed by atoms with van der Waals surface area (Å²) >= 11 is 1.64. The van der Waals surface area contributed by atoms with Gasteiger partial charge in [0.1, 0.15) is 11.1 Å². The maximum Gasteiger partial charge on any atom is 0.251 e. The highest BCUT2D eigenvalue weighted by atomic mass is 32.2. The van der Waals surface area contributed by atoms with Gasteiger partial charge in [0.25, 0.3) is 5.91 Å². The predicted molar refractivity (Wildman–Crippen MR) is 132 cm³/mol. The minimum atomic E-state index is -0.125. The fourth-order valence-corrected chi connectivity index (χ4v) is 5.14. The number of nitrogens with zero attached hydrogens (tertiary/aromatic N) is 1. The van der Waals surface area contributed by atoms with Crippen LogP contribution in [0.1, 0.15) is 45.4 Å². The van der Waals surface area contributed by atoms with Crippen LogP contribution in [-0.4, -0.2) is 36.1 Å². The van der Waals surface area contributed by atoms with E-state index in [2.05, 4.69) is 17.4 Å². The van der Waals surface area contributed by atoms with Crippen molar-refractivity contribution in [1.82, 2.24) is 10.2 Å². The Morgan fingerprint density at radius 1 is 1.06 bits per heavy atom. The van der Waals surface area contributed by atoms with Crippen LogP contribution >= 0.6 is 11.8 Å². The van der Waals surface area contributed by atoms with Crippen molar-refractivity contribution in [2.75, 3.05) is 19.4 Å². The van der Waals surface area contributed by atoms with Crippen molar-refractivity contribution < 1.29 is 14.3 Å². The van der Waals surface area contributed by atoms with Crippen molar-refractivity contribution in [1.29, 1.82) is 0 Å². The molecule has 2 amide bonds. The normalized spacial score (nSPS) is 16.5. The van der Waals surface area contributed by atoms with Crippen LogP contribution in [0, 0.1) is 0 Å². The van der Waals surface area contributed by atoms with Crippen LogP contribution in [0.2, 0.25) is 0 Å². The van der Waals surface area contributed by atoms with Gasteiger partial charge in [-0.2, -0.15) is 0 Å². The zero-order chi connectivity index (χ0) is 23.2. The van der Waals surface area contributed by atoms with E-state index in [1.165, 1.54) is 5.56 Å². The van der Waals surface area contributed by atoms with Gasteiger partial charge in [-0.1, -0.05) is 54.6 Å². The van der Waals surface area contributed by atoms with Crippen molar-refractivity contribution >= 4 is 23.6 Å². The summed E-state index contributed by atoms with van der Waals surface area (Å²) in [4.78, 5) is 27.2. The van der Waals surface area contributed by atoms with Crippen LogP contribution in [-0.2, 0) is 11.2 Å². The van der Waals surface area contributed by atoms with Gasteiger partial charge in [0.05, 0.1) is 18.9 Å². The smallest absolute Gasteiger partial charge is 0.251 e. The van der Waals surface area contributed by atoms with Gasteiger partial charge in [-0.25, -0.2) is 0 Å². The zero-order valence-electron chi connectivity index (χ0n) is 18.9. The van der Waals surface area contributed by atoms with E-state index in [0.29, 0.717) is 17.9 Å². The Kier molecular flexibility index (Phi) is 7.35. The first kappa shape index (κ1) is 22.9. The molecule has 1 fully saturated rings. The van der Waals surface area contributed by atoms with Gasteiger partial charge >= 0.3 is 0 Å². The van der Waals surface area contributed by atoms with E-state index in [1.807, 2.05) is 78.6 Å². The second kappa shape index (κ2) is 10.6. The van der Waals surface area contributed by atoms with Crippen LogP contribution < -0.4 is 10.1 Å². The fourth-order valence-electron chi connectivity index (χ4n) is 3.92. The zero-order valence-corrected chi connectivity index (χ0v) is 19.7. The lowest BCUT2D eigenvalue weighted by Crippen LogP contribution is -2.30. The molecule has 3 aromatic carbocycles. The predicted octanol–water partition coefficient (Wildman–Crippen LogP) is 5.00. The summed E-state index contributed by atoms with van der Waals surface area (Å²) in [6, 6.07) is 25.3. The summed E-state index contributed by atoms with van der Waals surface area (Å²) < 4.78 is 5.19. The molecule has 1 N–H and O–H groups in total. The first-order chi connectivity index (χ1) is 16.0. The van der Waals surface area contributed by atoms with Crippen molar-refractivity contribution in [2.24, 2.45) is 0 Å². The summed E-state index contributed by atoms with van der Waals surface area (Å²) in [7, 11) is 1.63. The minimum Gasteiger partial charge on any atom is -0.497 e. The van der Waals surface area contributed by atoms with Gasteiger partial charge < -0.3 is 15.0 Å². The van der Waals surface area contributed by atoms with Crippen molar-refractivity contribution in [2.45, 2.75) is 24.8 Å². The second-order valence-corrected chi connectivity index (χ2v) is 9.14. The molecule has 5 nitrogen and oxygen atoms in total. The number of benzene rings is 3. The van der Waals surface area contributed by atoms with Gasteiger partial charge in [0.15, 0.2) is 0 Å². The molecule has 0 bridgehead atoms. The third-order valence-corrected chi connectivity index (χ3v) is 7.13. The second-order valence-electron chi connectivity index (χ2n) is 8.08. The Balaban J connectivity index is 1.39. The molecule has 0 unspecified atom stereocenters. The number of amides is 2. The quantitative estimate of drug-likeness (QED) is 0.514. The number of nitrogens with one attached hydrogen (secondary N) is 1. The molecular weight excluding hydrogens is 432 g/mol. The molecule has 33 heavy (non-hydrogen) atoms. The molecule has 2 atom stereocenters. The van der Waals surface area contributed by atoms with Crippen LogP contribution in [0.15, 0.2) is 78.9 Å². The van der Waals surface area contributed by atoms with E-state index in [4.69, 9.17) is 4.74 Å². The Labute approximate surface area is 199 Å². The molecule has 4 rings (SSSR count). The SMILES string of the molecule is COc1ccc([C@H](C)NC(=O)c2ccc([C@@H]3SCC(=O)N3CCc3ccccc3)cc2)cc1. The molecule has 170 valence electrons. The molecule has 1 aliphatic rings. The summed E-state index contributed by atoms with van der Waals surface area (Å²) in [5.41, 5.74) is 3.87. The highest BCUT2D eigenvalue weighted by Gasteiger charge is 2.32. The maximum absolute atomic E-state index is 12.8. The lowest BCUT2D eigenvalue weighted by molar-refractivity contribution is -0.128. The molecule has 1 heterocycles. The van der Waals surface area contributed by atoms with Crippen LogP contribution in [0.5, 0.6) is 5.75 Å². The molecular formula is C27H28N2O3S. The van der Waals surface area contributed by atoms with E-state index in [0.717, 1.165) is 23.3 Å². The lowest BCUT2D eigenvalue weighted by atomic mass is 10.1. The number of methoxy groups -OCH3 is 1. The molecule has 0 aliphatic carbocycles. The third-order valence-electron chi connectivity index (χ3n) is 5.87. The largest absolute Gasteiger partial charge is 0.497 e. The molecule has 0 spiro atoms. The molecule has 3 aromatic rings. The van der Waals surface area contributed by atoms with Crippen LogP contribution in [0.4, 0.5) is 0 Å². The topological polar surface area (TPSA) is 58.6 Å². The number of hydrogen-bond donors (Lipinski definition) is 1. The third kappa shape index (κ3) is 5.57. The first-order valence-corrected chi connectivity index (χ1v) is 12.1. The Bertz CT molecular complexity index is 1080. The van der Waals surface area contributed by atoms with Crippen molar-refractivity contribution in [3.63, 3.8) is 0 Å². The number of rotatable bonds is 8. The number of ether oxygens (including phenoxy) is 1. The Morgan fingerprint density at radius 3 is 2.42 bits per heavy atom. The van der Waals surface area contributed by atoms with Gasteiger partial charge in [0.2, 0.25) is 5.91 Å². The summed E-state index contributed by atoms with van der Waals surface area (Å²) in [6.45, 7) is 2.64. The standard InChI is InChI=1S/C27H28N2O3S/c1-19(21-12-14-24(32-2)15-13-21)28-26(31)22-8-10-23(11-9-22)27-29(25(30)18-33-27)17-16-20-6-4-3-5-7-20/h3-15,19,27H,16-18H2,1-2H3,(H,28,31)/t19-,27-/m0/s1. The first-order valence-electron chi connectivity index (χ1n) is 11.0. The molecule has 0 saturated carbocycles. The molecule has 0 radical (unpaired) electrons. The van der Waals surface area contributed by atoms with E-state index in [1.54, 1.807) is 18.9 Å². The fraction of sp³-hybridized carbons (Fsp3) is 0.259. The maximum atomic E-state index is 12.8. The number of thioether (sulfide) groups is 1. The number of carbonyl (C=O) groups excluding carboxylic acids is 2. The van der Waals surface area contributed by atoms with Crippen LogP contribution in [0.3, 0.4) is 0 Å². The Morgan fingerprint density at radius 2 is 1.76 bits per heavy atom. The van der Waals surface area contributed by atoms with E-state index in [-0.39, 0.29) is 23.2 Å². The van der Waals surface area contributed by atoms with E-state index >= 15 is 0 Å². The summed E-state index contributed by atoms with van der Waals surface area (Å²) in [5.74, 6) is 1.31. The molecule has 1 aliphatic heterocycles. The highest BCUT2D eigenvalue weighted by molar-refractivity contribution is 8.00. The average Bonchev–Trinajstić information content (AvgIpc) is 3.23. The van der Waals surface area contributed by atoms with Gasteiger partial charge in [-0.05, 0) is 54.3 Å². The molecule has 6 heteroatoms. The van der Waals surface area contributed by atoms with Gasteiger partial charge in [0, 0.05) is 12.1 Å². The minimum absolute atomic E-state index is 0.0171. The van der Waals surface area contributed by atoms with Gasteiger partial charge in [-0.3, -0.25) is 9.59 Å². The molecule has 1 saturated heterocycles. The number of carbonyl (C=O) groups is 2. The van der Waals surface area contributed by atoms with Crippen molar-refractivity contribution in [3.05, 3.63) is 101 Å². The van der Waals surface area contributed by atoms with E-state index in [9.17, 15) is 9.59 Å². The van der Waals surface area contributed by atoms with E-state index < -0.39 is 0 Å². The van der Waals surface area contributed by atoms with Crippen molar-refractivity contribution in [3.8, 4) is 5.75 Å². The summed E-state index contributed by atoms with van der Waals surface area (Å²) in [5, 5.41) is 3.03. The monoisotopic (exact) mass is 460 g/mol. The lowest BCUT2D eigenvalue weighted by Gasteiger charge is -2.24. The molecule has 0 aromatic heterocycles. The van der Waals surface area contributed by atoms with Crippen LogP contribution in [0.25, 0.3) is 0 Å². The average molecular weight is 461 g/mol.